The summed E-state index contributed by atoms with van der Waals surface area (Å²) < 4.78 is 27.9. The minimum Gasteiger partial charge on any atom is -0.350 e. The van der Waals surface area contributed by atoms with Gasteiger partial charge in [0.2, 0.25) is 10.0 Å². The topological polar surface area (TPSA) is 71.4 Å². The highest BCUT2D eigenvalue weighted by Gasteiger charge is 2.20. The highest BCUT2D eigenvalue weighted by Crippen LogP contribution is 2.25. The molecule has 0 bridgehead atoms. The Balaban J connectivity index is 1.87. The van der Waals surface area contributed by atoms with Crippen molar-refractivity contribution < 1.29 is 13.2 Å². The Morgan fingerprint density at radius 1 is 1.10 bits per heavy atom. The van der Waals surface area contributed by atoms with Crippen LogP contribution in [0.4, 0.5) is 0 Å². The van der Waals surface area contributed by atoms with Gasteiger partial charge in [0.15, 0.2) is 0 Å². The van der Waals surface area contributed by atoms with Crippen molar-refractivity contribution in [1.82, 2.24) is 14.2 Å². The van der Waals surface area contributed by atoms with Gasteiger partial charge in [-0.3, -0.25) is 4.79 Å². The van der Waals surface area contributed by atoms with Crippen LogP contribution in [0, 0.1) is 0 Å². The van der Waals surface area contributed by atoms with Crippen LogP contribution in [0.15, 0.2) is 59.5 Å². The molecular weight excluding hydrogens is 386 g/mol. The predicted octanol–water partition coefficient (Wildman–Crippen LogP) is 3.45. The van der Waals surface area contributed by atoms with Crippen LogP contribution in [0.2, 0.25) is 0 Å². The molecule has 0 aliphatic carbocycles. The fourth-order valence-corrected chi connectivity index (χ4v) is 4.32. The third-order valence-electron chi connectivity index (χ3n) is 5.14. The van der Waals surface area contributed by atoms with Crippen molar-refractivity contribution in [1.29, 1.82) is 0 Å². The zero-order valence-corrected chi connectivity index (χ0v) is 18.0. The number of aryl methyl sites for hydroxylation is 1. The lowest BCUT2D eigenvalue weighted by molar-refractivity contribution is 0.0943. The highest BCUT2D eigenvalue weighted by molar-refractivity contribution is 7.89. The van der Waals surface area contributed by atoms with Gasteiger partial charge in [-0.05, 0) is 42.7 Å². The van der Waals surface area contributed by atoms with Gasteiger partial charge >= 0.3 is 0 Å². The molecule has 0 unspecified atom stereocenters. The van der Waals surface area contributed by atoms with Crippen molar-refractivity contribution in [2.24, 2.45) is 0 Å². The largest absolute Gasteiger partial charge is 0.350 e. The van der Waals surface area contributed by atoms with E-state index < -0.39 is 10.0 Å². The minimum atomic E-state index is -3.53. The maximum Gasteiger partial charge on any atom is 0.267 e. The van der Waals surface area contributed by atoms with E-state index in [1.165, 1.54) is 24.0 Å². The lowest BCUT2D eigenvalue weighted by Gasteiger charge is -2.14. The number of hydrogen-bond donors (Lipinski definition) is 1. The van der Waals surface area contributed by atoms with Gasteiger partial charge in [-0.2, -0.15) is 0 Å². The van der Waals surface area contributed by atoms with Crippen LogP contribution in [0.25, 0.3) is 10.9 Å². The highest BCUT2D eigenvalue weighted by atomic mass is 32.2. The van der Waals surface area contributed by atoms with Crippen LogP contribution < -0.4 is 5.32 Å². The molecule has 0 radical (unpaired) electrons. The van der Waals surface area contributed by atoms with Crippen molar-refractivity contribution >= 4 is 26.8 Å². The second-order valence-electron chi connectivity index (χ2n) is 7.30. The van der Waals surface area contributed by atoms with Gasteiger partial charge in [-0.25, -0.2) is 12.7 Å². The Hall–Kier alpha value is -2.64. The summed E-state index contributed by atoms with van der Waals surface area (Å²) >= 11 is 0. The molecule has 1 heterocycles. The summed E-state index contributed by atoms with van der Waals surface area (Å²) in [5.74, 6) is 0.0271. The van der Waals surface area contributed by atoms with E-state index in [1.54, 1.807) is 24.3 Å². The smallest absolute Gasteiger partial charge is 0.267 e. The summed E-state index contributed by atoms with van der Waals surface area (Å²) in [5, 5.41) is 3.74. The second kappa shape index (κ2) is 8.39. The molecule has 7 heteroatoms. The Morgan fingerprint density at radius 3 is 2.41 bits per heavy atom. The molecule has 3 aromatic rings. The molecule has 0 saturated carbocycles. The number of sulfonamides is 1. The van der Waals surface area contributed by atoms with Gasteiger partial charge in [-0.1, -0.05) is 37.3 Å². The van der Waals surface area contributed by atoms with E-state index in [-0.39, 0.29) is 16.7 Å². The van der Waals surface area contributed by atoms with E-state index in [0.29, 0.717) is 18.8 Å². The number of rotatable bonds is 7. The zero-order chi connectivity index (χ0) is 21.2. The van der Waals surface area contributed by atoms with Crippen molar-refractivity contribution in [3.63, 3.8) is 0 Å². The average Bonchev–Trinajstić information content (AvgIpc) is 3.10. The summed E-state index contributed by atoms with van der Waals surface area (Å²) in [6.07, 6.45) is 0. The van der Waals surface area contributed by atoms with Gasteiger partial charge in [0.05, 0.1) is 4.90 Å². The molecule has 1 aromatic heterocycles. The molecule has 0 fully saturated rings. The lowest BCUT2D eigenvalue weighted by Crippen LogP contribution is -2.29. The molecule has 29 heavy (non-hydrogen) atoms. The van der Waals surface area contributed by atoms with E-state index >= 15 is 0 Å². The number of amides is 1. The Bertz CT molecular complexity index is 1120. The minimum absolute atomic E-state index is 0.164. The zero-order valence-electron chi connectivity index (χ0n) is 17.2. The first-order valence-corrected chi connectivity index (χ1v) is 11.1. The summed E-state index contributed by atoms with van der Waals surface area (Å²) in [6.45, 7) is 5.17. The Labute approximate surface area is 172 Å². The number of fused-ring (bicyclic) bond motifs is 1. The van der Waals surface area contributed by atoms with E-state index in [9.17, 15) is 13.2 Å². The molecular formula is C22H27N3O3S. The standard InChI is InChI=1S/C22H27N3O3S/c1-5-25-20-12-11-19(29(27,28)24(3)4)13-18(20)14-21(25)22(26)23-15-16(2)17-9-7-6-8-10-17/h6-14,16H,5,15H2,1-4H3,(H,23,26)/t16-/m1/s1. The first-order valence-electron chi connectivity index (χ1n) is 9.64. The van der Waals surface area contributed by atoms with E-state index in [4.69, 9.17) is 0 Å². The fourth-order valence-electron chi connectivity index (χ4n) is 3.38. The van der Waals surface area contributed by atoms with E-state index in [1.807, 2.05) is 41.8 Å². The molecule has 3 rings (SSSR count). The van der Waals surface area contributed by atoms with Crippen LogP contribution in [0.1, 0.15) is 35.8 Å². The van der Waals surface area contributed by atoms with Crippen molar-refractivity contribution in [2.45, 2.75) is 31.2 Å². The van der Waals surface area contributed by atoms with Gasteiger partial charge in [0.1, 0.15) is 5.69 Å². The molecule has 6 nitrogen and oxygen atoms in total. The number of nitrogens with zero attached hydrogens (tertiary/aromatic N) is 2. The molecule has 1 atom stereocenters. The maximum absolute atomic E-state index is 12.9. The Morgan fingerprint density at radius 2 is 1.79 bits per heavy atom. The SMILES string of the molecule is CCn1c(C(=O)NC[C@@H](C)c2ccccc2)cc2cc(S(=O)(=O)N(C)C)ccc21. The average molecular weight is 414 g/mol. The third-order valence-corrected chi connectivity index (χ3v) is 6.95. The van der Waals surface area contributed by atoms with E-state index in [2.05, 4.69) is 12.2 Å². The number of nitrogens with one attached hydrogen (secondary N) is 1. The van der Waals surface area contributed by atoms with Crippen molar-refractivity contribution in [3.05, 3.63) is 65.9 Å². The van der Waals surface area contributed by atoms with Crippen molar-refractivity contribution in [3.8, 4) is 0 Å². The molecule has 0 saturated heterocycles. The molecule has 1 amide bonds. The molecule has 1 N–H and O–H groups in total. The van der Waals surface area contributed by atoms with Gasteiger partial charge in [0, 0.05) is 38.1 Å². The molecule has 154 valence electrons. The first-order chi connectivity index (χ1) is 13.8. The molecule has 0 aliphatic rings. The Kier molecular flexibility index (Phi) is 6.10. The van der Waals surface area contributed by atoms with Crippen LogP contribution in [0.5, 0.6) is 0 Å². The van der Waals surface area contributed by atoms with Gasteiger partial charge in [-0.15, -0.1) is 0 Å². The normalized spacial score (nSPS) is 13.0. The third kappa shape index (κ3) is 4.21. The molecule has 0 spiro atoms. The van der Waals surface area contributed by atoms with Crippen LogP contribution in [-0.4, -0.2) is 43.8 Å². The van der Waals surface area contributed by atoms with Crippen molar-refractivity contribution in [2.75, 3.05) is 20.6 Å². The number of aromatic nitrogens is 1. The number of benzene rings is 2. The summed E-state index contributed by atoms with van der Waals surface area (Å²) in [7, 11) is -0.521. The summed E-state index contributed by atoms with van der Waals surface area (Å²) in [4.78, 5) is 13.1. The van der Waals surface area contributed by atoms with Crippen LogP contribution in [-0.2, 0) is 16.6 Å². The van der Waals surface area contributed by atoms with E-state index in [0.717, 1.165) is 10.9 Å². The van der Waals surface area contributed by atoms with Gasteiger partial charge < -0.3 is 9.88 Å². The fraction of sp³-hybridized carbons (Fsp3) is 0.318. The molecule has 0 aliphatic heterocycles. The number of hydrogen-bond acceptors (Lipinski definition) is 3. The number of carbonyl (C=O) groups is 1. The first kappa shape index (κ1) is 21.1. The van der Waals surface area contributed by atoms with Crippen LogP contribution >= 0.6 is 0 Å². The maximum atomic E-state index is 12.9. The number of carbonyl (C=O) groups excluding carboxylic acids is 1. The second-order valence-corrected chi connectivity index (χ2v) is 9.46. The lowest BCUT2D eigenvalue weighted by atomic mass is 10.0. The molecule has 2 aromatic carbocycles. The summed E-state index contributed by atoms with van der Waals surface area (Å²) in [5.41, 5.74) is 2.54. The quantitative estimate of drug-likeness (QED) is 0.645. The van der Waals surface area contributed by atoms with Crippen LogP contribution in [0.3, 0.4) is 0 Å². The summed E-state index contributed by atoms with van der Waals surface area (Å²) in [6, 6.07) is 16.8. The van der Waals surface area contributed by atoms with Gasteiger partial charge in [0.25, 0.3) is 5.91 Å². The predicted molar refractivity (Wildman–Crippen MR) is 116 cm³/mol. The monoisotopic (exact) mass is 413 g/mol.